The summed E-state index contributed by atoms with van der Waals surface area (Å²) in [5.41, 5.74) is 2.77. The Morgan fingerprint density at radius 2 is 2.06 bits per heavy atom. The fraction of sp³-hybridized carbons (Fsp3) is 0.600. The molecule has 1 aliphatic carbocycles. The van der Waals surface area contributed by atoms with Gasteiger partial charge in [-0.2, -0.15) is 0 Å². The smallest absolute Gasteiger partial charge is 0.135 e. The van der Waals surface area contributed by atoms with Crippen LogP contribution in [-0.4, -0.2) is 9.34 Å². The van der Waals surface area contributed by atoms with Crippen LogP contribution in [0, 0.1) is 12.8 Å². The molecule has 2 bridgehead atoms. The first-order chi connectivity index (χ1) is 8.40. The van der Waals surface area contributed by atoms with Crippen LogP contribution in [0.5, 0.6) is 5.75 Å². The molecule has 3 heteroatoms. The molecule has 3 rings (SSSR count). The molecule has 0 N–H and O–H groups in total. The van der Waals surface area contributed by atoms with Crippen LogP contribution in [0.15, 0.2) is 18.2 Å². The maximum atomic E-state index is 6.44. The lowest BCUT2D eigenvalue weighted by Gasteiger charge is -2.46. The number of hydrogen-bond acceptors (Lipinski definition) is 1. The normalized spacial score (nSPS) is 37.6. The summed E-state index contributed by atoms with van der Waals surface area (Å²) in [5.74, 6) is 1.58. The lowest BCUT2D eigenvalue weighted by atomic mass is 9.70. The van der Waals surface area contributed by atoms with Gasteiger partial charge in [-0.25, -0.2) is 0 Å². The van der Waals surface area contributed by atoms with Crippen molar-refractivity contribution in [1.29, 1.82) is 0 Å². The fourth-order valence-corrected chi connectivity index (χ4v) is 5.11. The van der Waals surface area contributed by atoms with E-state index in [9.17, 15) is 0 Å². The molecule has 1 aliphatic heterocycles. The van der Waals surface area contributed by atoms with Crippen LogP contribution in [-0.2, 0) is 5.41 Å². The van der Waals surface area contributed by atoms with Crippen molar-refractivity contribution in [3.05, 3.63) is 29.3 Å². The molecule has 0 aromatic heterocycles. The average molecular weight is 374 g/mol. The van der Waals surface area contributed by atoms with E-state index in [-0.39, 0.29) is 14.8 Å². The minimum Gasteiger partial charge on any atom is -0.485 e. The summed E-state index contributed by atoms with van der Waals surface area (Å²) >= 11 is 7.41. The highest BCUT2D eigenvalue weighted by Crippen LogP contribution is 2.61. The summed E-state index contributed by atoms with van der Waals surface area (Å²) in [7, 11) is 0. The third-order valence-corrected chi connectivity index (χ3v) is 6.70. The molecule has 0 unspecified atom stereocenters. The van der Waals surface area contributed by atoms with Crippen molar-refractivity contribution in [2.24, 2.45) is 5.92 Å². The second kappa shape index (κ2) is 3.99. The molecular weight excluding hydrogens is 356 g/mol. The van der Waals surface area contributed by atoms with Crippen LogP contribution in [0.3, 0.4) is 0 Å². The number of hydrogen-bond donors (Lipinski definition) is 0. The number of alkyl halides is 2. The molecule has 18 heavy (non-hydrogen) atoms. The summed E-state index contributed by atoms with van der Waals surface area (Å²) in [6, 6.07) is 6.64. The van der Waals surface area contributed by atoms with Crippen molar-refractivity contribution in [1.82, 2.24) is 0 Å². The van der Waals surface area contributed by atoms with Gasteiger partial charge in [0.1, 0.15) is 15.1 Å². The van der Waals surface area contributed by atoms with Gasteiger partial charge in [-0.05, 0) is 31.4 Å². The van der Waals surface area contributed by atoms with Crippen LogP contribution in [0.4, 0.5) is 0 Å². The molecular formula is C15H18Br2O. The monoisotopic (exact) mass is 372 g/mol. The number of fused-ring (bicyclic) bond motifs is 4. The Balaban J connectivity index is 2.20. The van der Waals surface area contributed by atoms with Crippen molar-refractivity contribution >= 4 is 31.9 Å². The lowest BCUT2D eigenvalue weighted by molar-refractivity contribution is 0.0218. The van der Waals surface area contributed by atoms with Crippen molar-refractivity contribution in [3.8, 4) is 5.75 Å². The highest BCUT2D eigenvalue weighted by molar-refractivity contribution is 9.24. The van der Waals surface area contributed by atoms with E-state index in [0.29, 0.717) is 5.92 Å². The lowest BCUT2D eigenvalue weighted by Crippen LogP contribution is -2.51. The molecule has 2 aliphatic rings. The van der Waals surface area contributed by atoms with E-state index in [4.69, 9.17) is 4.74 Å². The van der Waals surface area contributed by atoms with E-state index in [0.717, 1.165) is 12.2 Å². The van der Waals surface area contributed by atoms with Gasteiger partial charge in [0, 0.05) is 16.9 Å². The number of aryl methyl sites for hydroxylation is 1. The quantitative estimate of drug-likeness (QED) is 0.634. The van der Waals surface area contributed by atoms with Crippen LogP contribution in [0.2, 0.25) is 0 Å². The third kappa shape index (κ3) is 1.49. The van der Waals surface area contributed by atoms with Crippen molar-refractivity contribution in [2.45, 2.75) is 48.4 Å². The molecule has 1 fully saturated rings. The average Bonchev–Trinajstić information content (AvgIpc) is 2.50. The Morgan fingerprint density at radius 3 is 2.72 bits per heavy atom. The highest BCUT2D eigenvalue weighted by Gasteiger charge is 2.61. The van der Waals surface area contributed by atoms with E-state index in [1.54, 1.807) is 0 Å². The van der Waals surface area contributed by atoms with Crippen molar-refractivity contribution < 1.29 is 4.74 Å². The van der Waals surface area contributed by atoms with Crippen LogP contribution >= 0.6 is 31.9 Å². The number of benzene rings is 1. The minimum absolute atomic E-state index is 0.116. The maximum absolute atomic E-state index is 6.44. The van der Waals surface area contributed by atoms with Crippen LogP contribution < -0.4 is 4.74 Å². The zero-order chi connectivity index (χ0) is 13.1. The van der Waals surface area contributed by atoms with Gasteiger partial charge in [-0.1, -0.05) is 57.8 Å². The summed E-state index contributed by atoms with van der Waals surface area (Å²) in [6.45, 7) is 6.84. The first kappa shape index (κ1) is 13.0. The fourth-order valence-electron chi connectivity index (χ4n) is 3.67. The van der Waals surface area contributed by atoms with Crippen molar-refractivity contribution in [2.75, 3.05) is 0 Å². The number of ether oxygens (including phenoxy) is 1. The van der Waals surface area contributed by atoms with Gasteiger partial charge in [0.25, 0.3) is 0 Å². The van der Waals surface area contributed by atoms with E-state index in [1.807, 2.05) is 0 Å². The summed E-state index contributed by atoms with van der Waals surface area (Å²) in [5, 5.41) is 0. The Morgan fingerprint density at radius 1 is 1.33 bits per heavy atom. The predicted molar refractivity (Wildman–Crippen MR) is 81.9 cm³/mol. The van der Waals surface area contributed by atoms with E-state index < -0.39 is 0 Å². The van der Waals surface area contributed by atoms with Gasteiger partial charge in [0.05, 0.1) is 0 Å². The molecule has 3 atom stereocenters. The van der Waals surface area contributed by atoms with Crippen LogP contribution in [0.1, 0.15) is 37.8 Å². The van der Waals surface area contributed by atoms with Crippen LogP contribution in [0.25, 0.3) is 0 Å². The SMILES string of the molecule is Cc1ccc2c(c1)O[C@@]1(C(Br)Br)CC[C@@]2(C)[C@H]1C. The molecule has 1 heterocycles. The molecule has 0 amide bonds. The number of rotatable bonds is 1. The second-order valence-electron chi connectivity index (χ2n) is 6.00. The molecule has 0 radical (unpaired) electrons. The van der Waals surface area contributed by atoms with Gasteiger partial charge in [-0.15, -0.1) is 0 Å². The number of halogens is 2. The topological polar surface area (TPSA) is 9.23 Å². The minimum atomic E-state index is -0.116. The zero-order valence-electron chi connectivity index (χ0n) is 11.0. The Bertz CT molecular complexity index is 499. The van der Waals surface area contributed by atoms with Gasteiger partial charge in [0.2, 0.25) is 0 Å². The molecule has 1 nitrogen and oxygen atoms in total. The van der Waals surface area contributed by atoms with E-state index >= 15 is 0 Å². The van der Waals surface area contributed by atoms with Crippen molar-refractivity contribution in [3.63, 3.8) is 0 Å². The van der Waals surface area contributed by atoms with Gasteiger partial charge >= 0.3 is 0 Å². The largest absolute Gasteiger partial charge is 0.485 e. The Hall–Kier alpha value is -0.0200. The molecule has 0 saturated heterocycles. The first-order valence-electron chi connectivity index (χ1n) is 6.48. The standard InChI is InChI=1S/C15H18Br2O/c1-9-4-5-11-12(8-9)18-15(13(16)17)7-6-14(11,3)10(15)2/h4-5,8,10,13H,6-7H2,1-3H3/t10-,14+,15+/m1/s1. The Kier molecular flexibility index (Phi) is 2.88. The summed E-state index contributed by atoms with van der Waals surface area (Å²) in [6.07, 6.45) is 2.29. The first-order valence-corrected chi connectivity index (χ1v) is 8.31. The zero-order valence-corrected chi connectivity index (χ0v) is 14.1. The van der Waals surface area contributed by atoms with Gasteiger partial charge in [-0.3, -0.25) is 0 Å². The van der Waals surface area contributed by atoms with E-state index in [1.165, 1.54) is 17.5 Å². The Labute approximate surface area is 126 Å². The molecule has 0 spiro atoms. The molecule has 1 aromatic carbocycles. The third-order valence-electron chi connectivity index (χ3n) is 5.15. The maximum Gasteiger partial charge on any atom is 0.135 e. The molecule has 98 valence electrons. The molecule has 1 aromatic rings. The predicted octanol–water partition coefficient (Wildman–Crippen LogP) is 4.93. The van der Waals surface area contributed by atoms with Gasteiger partial charge < -0.3 is 4.74 Å². The highest BCUT2D eigenvalue weighted by atomic mass is 79.9. The summed E-state index contributed by atoms with van der Waals surface area (Å²) in [4.78, 5) is 0. The van der Waals surface area contributed by atoms with Gasteiger partial charge in [0.15, 0.2) is 0 Å². The van der Waals surface area contributed by atoms with E-state index in [2.05, 4.69) is 70.8 Å². The second-order valence-corrected chi connectivity index (χ2v) is 9.06. The molecule has 1 saturated carbocycles. The summed E-state index contributed by atoms with van der Waals surface area (Å²) < 4.78 is 6.63.